The first kappa shape index (κ1) is 23.8. The lowest BCUT2D eigenvalue weighted by Gasteiger charge is -2.16. The quantitative estimate of drug-likeness (QED) is 0.284. The lowest BCUT2D eigenvalue weighted by Crippen LogP contribution is -2.02. The fourth-order valence-corrected chi connectivity index (χ4v) is 4.04. The van der Waals surface area contributed by atoms with Crippen molar-refractivity contribution >= 4 is 40.8 Å². The van der Waals surface area contributed by atoms with Crippen LogP contribution in [0.4, 0.5) is 0 Å². The van der Waals surface area contributed by atoms with Gasteiger partial charge in [0.15, 0.2) is 0 Å². The van der Waals surface area contributed by atoms with Crippen LogP contribution >= 0.6 is 34.8 Å². The van der Waals surface area contributed by atoms with Crippen molar-refractivity contribution in [2.75, 3.05) is 7.11 Å². The summed E-state index contributed by atoms with van der Waals surface area (Å²) >= 11 is 19.5. The van der Waals surface area contributed by atoms with Crippen molar-refractivity contribution in [2.45, 2.75) is 6.61 Å². The van der Waals surface area contributed by atoms with E-state index in [0.29, 0.717) is 27.4 Å². The molecule has 4 aromatic rings. The van der Waals surface area contributed by atoms with Crippen LogP contribution in [-0.4, -0.2) is 28.2 Å². The van der Waals surface area contributed by atoms with Crippen LogP contribution < -0.4 is 9.47 Å². The summed E-state index contributed by atoms with van der Waals surface area (Å²) in [4.78, 5) is 19.7. The predicted molar refractivity (Wildman–Crippen MR) is 132 cm³/mol. The Balaban J connectivity index is 1.79. The number of carbonyl (C=O) groups is 1. The summed E-state index contributed by atoms with van der Waals surface area (Å²) in [6, 6.07) is 17.4. The van der Waals surface area contributed by atoms with Gasteiger partial charge in [0, 0.05) is 22.3 Å². The van der Waals surface area contributed by atoms with Crippen LogP contribution in [0.2, 0.25) is 15.1 Å². The van der Waals surface area contributed by atoms with Crippen molar-refractivity contribution in [1.29, 1.82) is 0 Å². The molecule has 0 fully saturated rings. The summed E-state index contributed by atoms with van der Waals surface area (Å²) < 4.78 is 11.2. The lowest BCUT2D eigenvalue weighted by molar-refractivity contribution is 0.0690. The number of carboxylic acid groups (broad SMARTS) is 1. The minimum atomic E-state index is -1.13. The van der Waals surface area contributed by atoms with E-state index < -0.39 is 5.97 Å². The number of hydrogen-bond donors (Lipinski definition) is 1. The van der Waals surface area contributed by atoms with Crippen LogP contribution in [0.25, 0.3) is 22.4 Å². The number of hydrogen-bond acceptors (Lipinski definition) is 5. The Kier molecular flexibility index (Phi) is 7.22. The van der Waals surface area contributed by atoms with Crippen LogP contribution in [0.15, 0.2) is 66.9 Å². The third-order valence-corrected chi connectivity index (χ3v) is 5.94. The Morgan fingerprint density at radius 2 is 1.59 bits per heavy atom. The summed E-state index contributed by atoms with van der Waals surface area (Å²) in [6.07, 6.45) is 1.39. The maximum Gasteiger partial charge on any atom is 0.354 e. The molecule has 0 aliphatic heterocycles. The minimum Gasteiger partial charge on any atom is -0.497 e. The van der Waals surface area contributed by atoms with Gasteiger partial charge in [-0.3, -0.25) is 0 Å². The van der Waals surface area contributed by atoms with E-state index in [4.69, 9.17) is 49.4 Å². The number of pyridine rings is 2. The van der Waals surface area contributed by atoms with Crippen LogP contribution in [-0.2, 0) is 6.61 Å². The van der Waals surface area contributed by atoms with Crippen molar-refractivity contribution < 1.29 is 19.4 Å². The van der Waals surface area contributed by atoms with E-state index in [1.165, 1.54) is 12.3 Å². The third kappa shape index (κ3) is 5.09. The smallest absolute Gasteiger partial charge is 0.354 e. The number of aromatic nitrogens is 2. The molecule has 34 heavy (non-hydrogen) atoms. The van der Waals surface area contributed by atoms with E-state index in [1.54, 1.807) is 37.4 Å². The van der Waals surface area contributed by atoms with Crippen LogP contribution in [0.1, 0.15) is 16.1 Å². The first-order valence-electron chi connectivity index (χ1n) is 9.97. The average molecular weight is 516 g/mol. The van der Waals surface area contributed by atoms with Gasteiger partial charge in [0.2, 0.25) is 5.88 Å². The van der Waals surface area contributed by atoms with Crippen LogP contribution in [0.5, 0.6) is 11.6 Å². The molecule has 1 N–H and O–H groups in total. The third-order valence-electron chi connectivity index (χ3n) is 4.97. The molecule has 2 aromatic heterocycles. The number of rotatable bonds is 7. The zero-order chi connectivity index (χ0) is 24.2. The second-order valence-electron chi connectivity index (χ2n) is 7.15. The van der Waals surface area contributed by atoms with Crippen molar-refractivity contribution in [3.8, 4) is 34.0 Å². The summed E-state index contributed by atoms with van der Waals surface area (Å²) in [6.45, 7) is 0.202. The SMILES string of the molecule is COc1ccc(COc2nc(-c3ccc(C(=O)O)nc3)c(Cl)c(-c3ccc(Cl)cc3)c2Cl)cc1. The van der Waals surface area contributed by atoms with Gasteiger partial charge in [-0.05, 0) is 47.5 Å². The van der Waals surface area contributed by atoms with E-state index in [9.17, 15) is 4.79 Å². The van der Waals surface area contributed by atoms with Gasteiger partial charge >= 0.3 is 5.97 Å². The van der Waals surface area contributed by atoms with Gasteiger partial charge in [-0.2, -0.15) is 0 Å². The Bertz CT molecular complexity index is 1330. The number of halogens is 3. The van der Waals surface area contributed by atoms with Gasteiger partial charge in [0.05, 0.1) is 17.8 Å². The Morgan fingerprint density at radius 3 is 2.18 bits per heavy atom. The van der Waals surface area contributed by atoms with Gasteiger partial charge in [0.25, 0.3) is 0 Å². The predicted octanol–water partition coefficient (Wildman–Crippen LogP) is 7.06. The molecule has 172 valence electrons. The highest BCUT2D eigenvalue weighted by Gasteiger charge is 2.22. The molecule has 0 spiro atoms. The molecule has 0 saturated heterocycles. The van der Waals surface area contributed by atoms with Gasteiger partial charge in [-0.1, -0.05) is 59.1 Å². The standard InChI is InChI=1S/C25H17Cl3N2O4/c1-33-18-9-2-14(3-10-18)13-34-24-22(28)20(15-4-7-17(26)8-5-15)21(27)23(30-24)16-6-11-19(25(31)32)29-12-16/h2-12H,13H2,1H3,(H,31,32). The van der Waals surface area contributed by atoms with Gasteiger partial charge in [-0.15, -0.1) is 0 Å². The number of benzene rings is 2. The van der Waals surface area contributed by atoms with Crippen LogP contribution in [0, 0.1) is 0 Å². The highest BCUT2D eigenvalue weighted by Crippen LogP contribution is 2.44. The fraction of sp³-hybridized carbons (Fsp3) is 0.0800. The molecule has 2 heterocycles. The average Bonchev–Trinajstić information content (AvgIpc) is 2.85. The van der Waals surface area contributed by atoms with E-state index in [2.05, 4.69) is 9.97 Å². The first-order chi connectivity index (χ1) is 16.4. The Labute approximate surface area is 210 Å². The maximum absolute atomic E-state index is 11.2. The topological polar surface area (TPSA) is 81.5 Å². The molecule has 0 bridgehead atoms. The van der Waals surface area contributed by atoms with Crippen molar-refractivity contribution in [3.05, 3.63) is 93.2 Å². The molecule has 9 heteroatoms. The zero-order valence-corrected chi connectivity index (χ0v) is 20.0. The molecule has 0 unspecified atom stereocenters. The lowest BCUT2D eigenvalue weighted by atomic mass is 10.0. The largest absolute Gasteiger partial charge is 0.497 e. The van der Waals surface area contributed by atoms with Gasteiger partial charge in [0.1, 0.15) is 23.1 Å². The second kappa shape index (κ2) is 10.3. The van der Waals surface area contributed by atoms with Crippen molar-refractivity contribution in [2.24, 2.45) is 0 Å². The highest BCUT2D eigenvalue weighted by molar-refractivity contribution is 6.41. The molecular weight excluding hydrogens is 499 g/mol. The molecule has 2 aromatic carbocycles. The fourth-order valence-electron chi connectivity index (χ4n) is 3.21. The Morgan fingerprint density at radius 1 is 0.912 bits per heavy atom. The monoisotopic (exact) mass is 514 g/mol. The first-order valence-corrected chi connectivity index (χ1v) is 11.1. The molecule has 0 atom stereocenters. The van der Waals surface area contributed by atoms with Crippen molar-refractivity contribution in [1.82, 2.24) is 9.97 Å². The number of methoxy groups -OCH3 is 1. The summed E-state index contributed by atoms with van der Waals surface area (Å²) in [5.41, 5.74) is 2.88. The van der Waals surface area contributed by atoms with E-state index >= 15 is 0 Å². The Hall–Kier alpha value is -3.32. The number of carboxylic acids is 1. The normalized spacial score (nSPS) is 10.7. The van der Waals surface area contributed by atoms with Crippen molar-refractivity contribution in [3.63, 3.8) is 0 Å². The van der Waals surface area contributed by atoms with Gasteiger partial charge in [-0.25, -0.2) is 14.8 Å². The molecule has 6 nitrogen and oxygen atoms in total. The summed E-state index contributed by atoms with van der Waals surface area (Å²) in [5.74, 6) is -0.229. The minimum absolute atomic E-state index is 0.0947. The number of aromatic carboxylic acids is 1. The second-order valence-corrected chi connectivity index (χ2v) is 8.34. The molecule has 0 aliphatic rings. The van der Waals surface area contributed by atoms with Crippen LogP contribution in [0.3, 0.4) is 0 Å². The molecular formula is C25H17Cl3N2O4. The highest BCUT2D eigenvalue weighted by atomic mass is 35.5. The van der Waals surface area contributed by atoms with E-state index in [0.717, 1.165) is 11.3 Å². The molecule has 0 radical (unpaired) electrons. The maximum atomic E-state index is 11.2. The molecule has 4 rings (SSSR count). The molecule has 0 saturated carbocycles. The van der Waals surface area contributed by atoms with E-state index in [-0.39, 0.29) is 28.2 Å². The summed E-state index contributed by atoms with van der Waals surface area (Å²) in [7, 11) is 1.60. The van der Waals surface area contributed by atoms with Gasteiger partial charge < -0.3 is 14.6 Å². The molecule has 0 amide bonds. The zero-order valence-electron chi connectivity index (χ0n) is 17.8. The number of ether oxygens (including phenoxy) is 2. The number of nitrogens with zero attached hydrogens (tertiary/aromatic N) is 2. The summed E-state index contributed by atoms with van der Waals surface area (Å²) in [5, 5.41) is 10.2. The van der Waals surface area contributed by atoms with E-state index in [1.807, 2.05) is 24.3 Å². The molecule has 0 aliphatic carbocycles.